The van der Waals surface area contributed by atoms with Gasteiger partial charge in [0.25, 0.3) is 0 Å². The Morgan fingerprint density at radius 3 is 1.73 bits per heavy atom. The molecule has 5 N–H and O–H groups in total. The van der Waals surface area contributed by atoms with Gasteiger partial charge in [0.2, 0.25) is 0 Å². The van der Waals surface area contributed by atoms with Crippen LogP contribution in [0.25, 0.3) is 0 Å². The first-order valence-electron chi connectivity index (χ1n) is 21.6. The average Bonchev–Trinajstić information content (AvgIpc) is 3.21. The number of hydrogen-bond acceptors (Lipinski definition) is 10. The van der Waals surface area contributed by atoms with Crippen molar-refractivity contribution in [2.45, 2.75) is 148 Å². The molecule has 0 aliphatic carbocycles. The smallest absolute Gasteiger partial charge is 0.462 e. The molecular formula is C47H76NO10P. The predicted molar refractivity (Wildman–Crippen MR) is 240 cm³/mol. The first kappa shape index (κ1) is 55.6. The van der Waals surface area contributed by atoms with Crippen LogP contribution in [0, 0.1) is 0 Å². The minimum Gasteiger partial charge on any atom is -0.462 e. The predicted octanol–water partition coefficient (Wildman–Crippen LogP) is 10.3. The second-order valence-electron chi connectivity index (χ2n) is 13.9. The SMILES string of the molecule is CC/C=C\C/C=C\C/C=C\C/C=C\C/C=C\CCCCCC(=O)OC[C@H](COP(=O)(O)OCCN)OC(=O)CCC[C@H](O)/C=C/C=C\C/C=C\C=C\[C@H](O)CCCCC. The summed E-state index contributed by atoms with van der Waals surface area (Å²) in [6.07, 6.45) is 47.6. The fraction of sp³-hybridized carbons (Fsp3) is 0.574. The highest BCUT2D eigenvalue weighted by molar-refractivity contribution is 7.47. The molecule has 4 atom stereocenters. The third-order valence-corrected chi connectivity index (χ3v) is 9.34. The summed E-state index contributed by atoms with van der Waals surface area (Å²) in [7, 11) is -4.46. The highest BCUT2D eigenvalue weighted by Gasteiger charge is 2.26. The number of phosphoric acid groups is 1. The number of ether oxygens (including phenoxy) is 2. The van der Waals surface area contributed by atoms with Gasteiger partial charge in [-0.1, -0.05) is 149 Å². The van der Waals surface area contributed by atoms with Gasteiger partial charge in [0.1, 0.15) is 6.61 Å². The molecule has 0 rings (SSSR count). The lowest BCUT2D eigenvalue weighted by molar-refractivity contribution is -0.161. The Kier molecular flexibility index (Phi) is 38.9. The van der Waals surface area contributed by atoms with Crippen LogP contribution in [0.15, 0.2) is 109 Å². The van der Waals surface area contributed by atoms with Crippen LogP contribution in [-0.4, -0.2) is 71.7 Å². The summed E-state index contributed by atoms with van der Waals surface area (Å²) in [6, 6.07) is 0. The number of carbonyl (C=O) groups is 2. The minimum absolute atomic E-state index is 0.00451. The first-order chi connectivity index (χ1) is 28.6. The summed E-state index contributed by atoms with van der Waals surface area (Å²) in [4.78, 5) is 34.9. The third kappa shape index (κ3) is 41.1. The number of phosphoric ester groups is 1. The summed E-state index contributed by atoms with van der Waals surface area (Å²) < 4.78 is 32.6. The zero-order valence-corrected chi connectivity index (χ0v) is 36.8. The van der Waals surface area contributed by atoms with E-state index in [0.29, 0.717) is 25.7 Å². The number of nitrogens with two attached hydrogens (primary N) is 1. The molecule has 0 aliphatic rings. The zero-order chi connectivity index (χ0) is 43.5. The van der Waals surface area contributed by atoms with Crippen molar-refractivity contribution in [2.75, 3.05) is 26.4 Å². The highest BCUT2D eigenvalue weighted by atomic mass is 31.2. The maximum absolute atomic E-state index is 12.6. The van der Waals surface area contributed by atoms with Crippen LogP contribution in [0.5, 0.6) is 0 Å². The van der Waals surface area contributed by atoms with Crippen molar-refractivity contribution < 1.29 is 47.8 Å². The van der Waals surface area contributed by atoms with Crippen molar-refractivity contribution in [1.82, 2.24) is 0 Å². The van der Waals surface area contributed by atoms with Gasteiger partial charge in [-0.25, -0.2) is 4.57 Å². The molecule has 0 saturated carbocycles. The van der Waals surface area contributed by atoms with Crippen LogP contribution in [-0.2, 0) is 32.7 Å². The van der Waals surface area contributed by atoms with E-state index in [4.69, 9.17) is 24.3 Å². The molecule has 0 aromatic rings. The molecule has 0 saturated heterocycles. The van der Waals surface area contributed by atoms with Crippen LogP contribution >= 0.6 is 7.82 Å². The van der Waals surface area contributed by atoms with Crippen LogP contribution in [0.2, 0.25) is 0 Å². The van der Waals surface area contributed by atoms with Crippen LogP contribution in [0.4, 0.5) is 0 Å². The van der Waals surface area contributed by atoms with Crippen molar-refractivity contribution in [1.29, 1.82) is 0 Å². The van der Waals surface area contributed by atoms with E-state index in [-0.39, 0.29) is 32.6 Å². The monoisotopic (exact) mass is 846 g/mol. The van der Waals surface area contributed by atoms with E-state index in [1.54, 1.807) is 18.2 Å². The molecule has 0 aromatic carbocycles. The minimum atomic E-state index is -4.46. The van der Waals surface area contributed by atoms with Gasteiger partial charge in [-0.3, -0.25) is 18.6 Å². The number of unbranched alkanes of at least 4 members (excludes halogenated alkanes) is 5. The van der Waals surface area contributed by atoms with E-state index >= 15 is 0 Å². The lowest BCUT2D eigenvalue weighted by Crippen LogP contribution is -2.29. The Morgan fingerprint density at radius 1 is 0.610 bits per heavy atom. The van der Waals surface area contributed by atoms with Crippen molar-refractivity contribution in [2.24, 2.45) is 5.73 Å². The Balaban J connectivity index is 4.48. The van der Waals surface area contributed by atoms with Gasteiger partial charge in [0, 0.05) is 19.4 Å². The topological polar surface area (TPSA) is 175 Å². The fourth-order valence-corrected chi connectivity index (χ4v) is 5.87. The normalized spacial score (nSPS) is 15.4. The van der Waals surface area contributed by atoms with Crippen molar-refractivity contribution in [3.05, 3.63) is 109 Å². The quantitative estimate of drug-likeness (QED) is 0.0153. The van der Waals surface area contributed by atoms with Gasteiger partial charge in [-0.15, -0.1) is 0 Å². The maximum Gasteiger partial charge on any atom is 0.472 e. The molecule has 0 aromatic heterocycles. The fourth-order valence-electron chi connectivity index (χ4n) is 5.11. The van der Waals surface area contributed by atoms with E-state index in [2.05, 4.69) is 74.6 Å². The van der Waals surface area contributed by atoms with E-state index < -0.39 is 44.7 Å². The molecule has 1 unspecified atom stereocenters. The molecule has 334 valence electrons. The van der Waals surface area contributed by atoms with Gasteiger partial charge in [0.15, 0.2) is 6.10 Å². The molecule has 0 heterocycles. The van der Waals surface area contributed by atoms with Gasteiger partial charge in [-0.05, 0) is 77.0 Å². The van der Waals surface area contributed by atoms with Crippen LogP contribution in [0.3, 0.4) is 0 Å². The number of carbonyl (C=O) groups excluding carboxylic acids is 2. The number of hydrogen-bond donors (Lipinski definition) is 4. The Labute approximate surface area is 355 Å². The van der Waals surface area contributed by atoms with Crippen LogP contribution < -0.4 is 5.73 Å². The molecule has 0 bridgehead atoms. The van der Waals surface area contributed by atoms with E-state index in [1.165, 1.54) is 0 Å². The second kappa shape index (κ2) is 41.3. The maximum atomic E-state index is 12.6. The molecule has 0 radical (unpaired) electrons. The first-order valence-corrected chi connectivity index (χ1v) is 23.1. The summed E-state index contributed by atoms with van der Waals surface area (Å²) in [6.45, 7) is 3.18. The number of aliphatic hydroxyl groups is 2. The second-order valence-corrected chi connectivity index (χ2v) is 15.3. The highest BCUT2D eigenvalue weighted by Crippen LogP contribution is 2.43. The molecule has 0 spiro atoms. The summed E-state index contributed by atoms with van der Waals surface area (Å²) >= 11 is 0. The zero-order valence-electron chi connectivity index (χ0n) is 35.9. The van der Waals surface area contributed by atoms with Gasteiger partial charge in [0.05, 0.1) is 25.4 Å². The lowest BCUT2D eigenvalue weighted by Gasteiger charge is -2.20. The molecular weight excluding hydrogens is 769 g/mol. The third-order valence-electron chi connectivity index (χ3n) is 8.35. The van der Waals surface area contributed by atoms with Crippen LogP contribution in [0.1, 0.15) is 129 Å². The number of allylic oxidation sites excluding steroid dienone is 16. The van der Waals surface area contributed by atoms with E-state index in [9.17, 15) is 29.3 Å². The van der Waals surface area contributed by atoms with Gasteiger partial charge < -0.3 is 30.3 Å². The summed E-state index contributed by atoms with van der Waals surface area (Å²) in [5.41, 5.74) is 5.33. The van der Waals surface area contributed by atoms with Crippen molar-refractivity contribution in [3.63, 3.8) is 0 Å². The van der Waals surface area contributed by atoms with Crippen molar-refractivity contribution in [3.8, 4) is 0 Å². The average molecular weight is 846 g/mol. The number of aliphatic hydroxyl groups excluding tert-OH is 2. The summed E-state index contributed by atoms with van der Waals surface area (Å²) in [5.74, 6) is -1.11. The van der Waals surface area contributed by atoms with E-state index in [0.717, 1.165) is 77.0 Å². The standard InChI is InChI=1S/C47H76NO10P/c1-3-5-7-8-9-10-11-12-13-14-15-16-17-18-19-20-24-27-31-37-46(51)55-41-45(42-57-59(53,54)56-40-39-48)58-47(52)38-32-36-44(50)35-30-26-23-21-22-25-29-34-43(49)33-28-6-4-2/h5,7,9-10,12-13,15-16,18-19,22-23,25-26,29-30,34-35,43-45,49-50H,3-4,6,8,11,14,17,20-21,24,27-28,31-33,36-42,48H2,1-2H3,(H,53,54)/b7-5-,10-9-,13-12-,16-15-,19-18-,25-22-,26-23-,34-29+,35-30+/t43-,44-,45-/m1/s1. The number of rotatable bonds is 38. The molecule has 0 fully saturated rings. The van der Waals surface area contributed by atoms with Gasteiger partial charge >= 0.3 is 19.8 Å². The Hall–Kier alpha value is -3.41. The molecule has 0 aliphatic heterocycles. The Morgan fingerprint density at radius 2 is 1.15 bits per heavy atom. The molecule has 12 heteroatoms. The summed E-state index contributed by atoms with van der Waals surface area (Å²) in [5, 5.41) is 20.2. The van der Waals surface area contributed by atoms with E-state index in [1.807, 2.05) is 30.4 Å². The van der Waals surface area contributed by atoms with Gasteiger partial charge in [-0.2, -0.15) is 0 Å². The van der Waals surface area contributed by atoms with Crippen molar-refractivity contribution >= 4 is 19.8 Å². The molecule has 0 amide bonds. The molecule has 11 nitrogen and oxygen atoms in total. The molecule has 59 heavy (non-hydrogen) atoms. The Bertz CT molecular complexity index is 1360. The largest absolute Gasteiger partial charge is 0.472 e. The number of esters is 2. The lowest BCUT2D eigenvalue weighted by atomic mass is 10.1.